The minimum atomic E-state index is -1.03. The second-order valence-corrected chi connectivity index (χ2v) is 19.6. The largest absolute Gasteiger partial charge is 0.497 e. The molecule has 0 aromatic heterocycles. The molecule has 0 bridgehead atoms. The molecule has 0 saturated heterocycles. The number of hydrazine groups is 1. The van der Waals surface area contributed by atoms with Gasteiger partial charge >= 0.3 is 12.1 Å². The lowest BCUT2D eigenvalue weighted by Crippen LogP contribution is -2.58. The van der Waals surface area contributed by atoms with Crippen molar-refractivity contribution >= 4 is 47.1 Å². The van der Waals surface area contributed by atoms with Crippen LogP contribution >= 0.6 is 0 Å². The molecule has 0 aliphatic heterocycles. The molecule has 8 amide bonds. The molecule has 0 unspecified atom stereocenters. The zero-order valence-electron chi connectivity index (χ0n) is 39.7. The van der Waals surface area contributed by atoms with Gasteiger partial charge in [-0.2, -0.15) is 0 Å². The molecule has 3 aromatic rings. The second-order valence-electron chi connectivity index (χ2n) is 19.6. The first-order chi connectivity index (χ1) is 32.0. The van der Waals surface area contributed by atoms with E-state index in [1.165, 1.54) is 26.9 Å². The summed E-state index contributed by atoms with van der Waals surface area (Å²) in [6.07, 6.45) is 8.58. The highest BCUT2D eigenvalue weighted by Gasteiger charge is 2.39. The lowest BCUT2D eigenvalue weighted by Gasteiger charge is -2.43. The molecule has 6 N–H and O–H groups in total. The van der Waals surface area contributed by atoms with Gasteiger partial charge in [0.25, 0.3) is 11.8 Å². The van der Waals surface area contributed by atoms with Crippen LogP contribution in [0, 0.1) is 22.7 Å². The van der Waals surface area contributed by atoms with Crippen molar-refractivity contribution in [1.82, 2.24) is 30.8 Å². The summed E-state index contributed by atoms with van der Waals surface area (Å²) in [7, 11) is 1.50. The van der Waals surface area contributed by atoms with Gasteiger partial charge in [-0.05, 0) is 83.7 Å². The summed E-state index contributed by atoms with van der Waals surface area (Å²) >= 11 is 0. The van der Waals surface area contributed by atoms with Crippen LogP contribution in [0.3, 0.4) is 0 Å². The Bertz CT molecular complexity index is 2120. The monoisotopic (exact) mass is 927 g/mol. The molecule has 2 aliphatic rings. The van der Waals surface area contributed by atoms with Gasteiger partial charge in [-0.25, -0.2) is 30.6 Å². The predicted molar refractivity (Wildman–Crippen MR) is 255 cm³/mol. The van der Waals surface area contributed by atoms with Gasteiger partial charge in [0.2, 0.25) is 11.8 Å². The van der Waals surface area contributed by atoms with Gasteiger partial charge in [-0.15, -0.1) is 0 Å². The number of amides is 8. The number of anilines is 2. The molecule has 5 rings (SSSR count). The summed E-state index contributed by atoms with van der Waals surface area (Å²) in [4.78, 5) is 86.1. The third kappa shape index (κ3) is 16.3. The van der Waals surface area contributed by atoms with E-state index in [2.05, 4.69) is 10.6 Å². The Balaban J connectivity index is 1.50. The van der Waals surface area contributed by atoms with Gasteiger partial charge in [0.05, 0.1) is 20.2 Å². The Morgan fingerprint density at radius 2 is 1.03 bits per heavy atom. The molecule has 0 atom stereocenters. The van der Waals surface area contributed by atoms with Crippen LogP contribution in [0.1, 0.15) is 98.3 Å². The zero-order valence-corrected chi connectivity index (χ0v) is 39.7. The van der Waals surface area contributed by atoms with Crippen molar-refractivity contribution in [3.05, 3.63) is 78.9 Å². The van der Waals surface area contributed by atoms with E-state index in [0.29, 0.717) is 30.2 Å². The molecule has 364 valence electrons. The molecular formula is C50H70N8O9. The number of rotatable bonds is 20. The van der Waals surface area contributed by atoms with Gasteiger partial charge in [0.1, 0.15) is 18.8 Å². The fraction of sp³-hybridized carbons (Fsp3) is 0.520. The van der Waals surface area contributed by atoms with Crippen LogP contribution < -0.4 is 26.3 Å². The maximum atomic E-state index is 14.9. The normalized spacial score (nSPS) is 14.4. The summed E-state index contributed by atoms with van der Waals surface area (Å²) in [5, 5.41) is 27.2. The number of benzene rings is 3. The van der Waals surface area contributed by atoms with Crippen molar-refractivity contribution in [2.75, 3.05) is 57.0 Å². The summed E-state index contributed by atoms with van der Waals surface area (Å²) in [6.45, 7) is 6.77. The standard InChI is InChI=1S/C50H70N8O9/c1-49(2,28-46(62)56(33-44(60)54-66)31-37-17-12-13-18-37)34-57(47(63)51-40-25-23-39(24-26-40)38-19-10-7-11-20-38)58(48(64)52-41-21-14-22-42(27-41)67-5)35-50(3,4)29-45(61)55(32-43(59)53-65)30-36-15-8-6-9-16-36/h7,10-11,14,19-27,36-37,65-66H,6,8-9,12-13,15-18,28-35H2,1-5H3,(H,51,63)(H,52,64)(H,53,59)(H,54,60). The molecule has 0 spiro atoms. The quantitative estimate of drug-likeness (QED) is 0.0479. The van der Waals surface area contributed by atoms with Crippen LogP contribution in [-0.4, -0.2) is 112 Å². The summed E-state index contributed by atoms with van der Waals surface area (Å²) in [5.74, 6) is -1.30. The SMILES string of the molecule is COc1cccc(NC(=O)N(CC(C)(C)CC(=O)N(CC(=O)NO)CC2CCCCC2)N(CC(C)(C)CC(=O)N(CC(=O)NO)CC2CCCC2)C(=O)Nc2ccc(-c3ccccc3)cc2)c1. The first kappa shape index (κ1) is 51.8. The Kier molecular flexibility index (Phi) is 19.0. The van der Waals surface area contributed by atoms with Crippen LogP contribution in [0.5, 0.6) is 5.75 Å². The van der Waals surface area contributed by atoms with Crippen molar-refractivity contribution < 1.29 is 43.9 Å². The van der Waals surface area contributed by atoms with Gasteiger partial charge in [-0.3, -0.25) is 29.6 Å². The third-order valence-electron chi connectivity index (χ3n) is 12.5. The molecule has 2 aliphatic carbocycles. The molecule has 2 fully saturated rings. The maximum absolute atomic E-state index is 14.9. The summed E-state index contributed by atoms with van der Waals surface area (Å²) in [6, 6.07) is 22.3. The first-order valence-electron chi connectivity index (χ1n) is 23.4. The first-order valence-corrected chi connectivity index (χ1v) is 23.4. The van der Waals surface area contributed by atoms with Crippen molar-refractivity contribution in [3.8, 4) is 16.9 Å². The molecule has 0 heterocycles. The second kappa shape index (κ2) is 24.5. The van der Waals surface area contributed by atoms with E-state index in [9.17, 15) is 39.2 Å². The highest BCUT2D eigenvalue weighted by Crippen LogP contribution is 2.32. The van der Waals surface area contributed by atoms with Crippen molar-refractivity contribution in [1.29, 1.82) is 0 Å². The topological polar surface area (TPSA) is 213 Å². The maximum Gasteiger partial charge on any atom is 0.340 e. The highest BCUT2D eigenvalue weighted by atomic mass is 16.5. The summed E-state index contributed by atoms with van der Waals surface area (Å²) < 4.78 is 5.42. The van der Waals surface area contributed by atoms with E-state index in [1.807, 2.05) is 42.5 Å². The van der Waals surface area contributed by atoms with Crippen LogP contribution in [-0.2, 0) is 19.2 Å². The highest BCUT2D eigenvalue weighted by molar-refractivity contribution is 5.95. The van der Waals surface area contributed by atoms with Gasteiger partial charge in [0, 0.05) is 43.4 Å². The summed E-state index contributed by atoms with van der Waals surface area (Å²) in [5.41, 5.74) is 3.93. The van der Waals surface area contributed by atoms with Crippen LogP contribution in [0.15, 0.2) is 78.9 Å². The number of ether oxygens (including phenoxy) is 1. The number of hydroxylamine groups is 2. The molecular weight excluding hydrogens is 857 g/mol. The van der Waals surface area contributed by atoms with Gasteiger partial charge in [0.15, 0.2) is 0 Å². The Morgan fingerprint density at radius 1 is 0.582 bits per heavy atom. The van der Waals surface area contributed by atoms with E-state index in [1.54, 1.807) is 75.1 Å². The van der Waals surface area contributed by atoms with E-state index < -0.39 is 34.7 Å². The Morgan fingerprint density at radius 3 is 1.49 bits per heavy atom. The molecule has 17 nitrogen and oxygen atoms in total. The van der Waals surface area contributed by atoms with Crippen molar-refractivity contribution in [2.45, 2.75) is 98.3 Å². The average molecular weight is 927 g/mol. The van der Waals surface area contributed by atoms with E-state index >= 15 is 0 Å². The number of carbonyl (C=O) groups is 6. The van der Waals surface area contributed by atoms with Crippen molar-refractivity contribution in [3.63, 3.8) is 0 Å². The number of nitrogens with one attached hydrogen (secondary N) is 4. The third-order valence-corrected chi connectivity index (χ3v) is 12.5. The number of carbonyl (C=O) groups excluding carboxylic acids is 6. The van der Waals surface area contributed by atoms with E-state index in [4.69, 9.17) is 4.74 Å². The lowest BCUT2D eigenvalue weighted by atomic mass is 9.86. The fourth-order valence-electron chi connectivity index (χ4n) is 9.06. The number of nitrogens with zero attached hydrogens (tertiary/aromatic N) is 4. The Hall–Kier alpha value is -6.20. The lowest BCUT2D eigenvalue weighted by molar-refractivity contribution is -0.142. The fourth-order valence-corrected chi connectivity index (χ4v) is 9.06. The molecule has 67 heavy (non-hydrogen) atoms. The van der Waals surface area contributed by atoms with E-state index in [0.717, 1.165) is 68.9 Å². The minimum absolute atomic E-state index is 0.135. The average Bonchev–Trinajstić information content (AvgIpc) is 3.83. The smallest absolute Gasteiger partial charge is 0.340 e. The predicted octanol–water partition coefficient (Wildman–Crippen LogP) is 7.92. The molecule has 2 saturated carbocycles. The zero-order chi connectivity index (χ0) is 48.6. The van der Waals surface area contributed by atoms with E-state index in [-0.39, 0.29) is 62.7 Å². The van der Waals surface area contributed by atoms with Gasteiger partial charge < -0.3 is 25.2 Å². The minimum Gasteiger partial charge on any atom is -0.497 e. The van der Waals surface area contributed by atoms with Gasteiger partial charge in [-0.1, -0.05) is 108 Å². The molecule has 3 aromatic carbocycles. The van der Waals surface area contributed by atoms with Crippen LogP contribution in [0.2, 0.25) is 0 Å². The number of urea groups is 2. The molecule has 17 heteroatoms. The van der Waals surface area contributed by atoms with Crippen LogP contribution in [0.25, 0.3) is 11.1 Å². The number of hydrogen-bond acceptors (Lipinski definition) is 9. The Labute approximate surface area is 394 Å². The number of methoxy groups -OCH3 is 1. The number of hydrogen-bond donors (Lipinski definition) is 6. The van der Waals surface area contributed by atoms with Crippen LogP contribution in [0.4, 0.5) is 21.0 Å². The van der Waals surface area contributed by atoms with Crippen molar-refractivity contribution in [2.24, 2.45) is 22.7 Å². The molecule has 0 radical (unpaired) electrons.